The molecule has 35 heavy (non-hydrogen) atoms. The summed E-state index contributed by atoms with van der Waals surface area (Å²) in [5.74, 6) is -5.79. The number of carbonyl (C=O) groups is 2. The number of hydrogen-bond donors (Lipinski definition) is 1. The maximum atomic E-state index is 15.5. The second-order valence-electron chi connectivity index (χ2n) is 7.50. The Bertz CT molecular complexity index is 1350. The Balaban J connectivity index is 1.64. The molecule has 1 N–H and O–H groups in total. The minimum atomic E-state index is -3.93. The molecule has 0 radical (unpaired) electrons. The molecule has 3 aromatic rings. The second kappa shape index (κ2) is 10.1. The molecule has 1 aliphatic heterocycles. The molecule has 12 heteroatoms. The zero-order chi connectivity index (χ0) is 25.2. The lowest BCUT2D eigenvalue weighted by Gasteiger charge is -2.24. The van der Waals surface area contributed by atoms with E-state index in [4.69, 9.17) is 14.2 Å². The molecule has 4 rings (SSSR count). The number of aromatic amines is 1. The van der Waals surface area contributed by atoms with Gasteiger partial charge in [-0.2, -0.15) is 8.78 Å². The van der Waals surface area contributed by atoms with E-state index in [1.54, 1.807) is 46.9 Å². The molecule has 182 valence electrons. The number of hydrogen-bond acceptors (Lipinski definition) is 7. The van der Waals surface area contributed by atoms with E-state index in [9.17, 15) is 19.2 Å². The smallest absolute Gasteiger partial charge is 0.338 e. The van der Waals surface area contributed by atoms with Crippen molar-refractivity contribution in [2.45, 2.75) is 24.4 Å². The van der Waals surface area contributed by atoms with Crippen LogP contribution >= 0.6 is 22.6 Å². The van der Waals surface area contributed by atoms with E-state index >= 15 is 8.78 Å². The number of benzene rings is 2. The van der Waals surface area contributed by atoms with Gasteiger partial charge in [-0.1, -0.05) is 36.4 Å². The molecule has 1 fully saturated rings. The molecular weight excluding hydrogens is 581 g/mol. The van der Waals surface area contributed by atoms with Crippen LogP contribution in [-0.4, -0.2) is 46.2 Å². The maximum Gasteiger partial charge on any atom is 0.338 e. The van der Waals surface area contributed by atoms with Crippen molar-refractivity contribution >= 4 is 34.5 Å². The summed E-state index contributed by atoms with van der Waals surface area (Å²) in [6, 6.07) is 15.3. The number of nitrogens with one attached hydrogen (secondary N) is 1. The van der Waals surface area contributed by atoms with E-state index in [0.29, 0.717) is 4.57 Å². The highest BCUT2D eigenvalue weighted by Crippen LogP contribution is 2.44. The Hall–Kier alpha value is -3.39. The Morgan fingerprint density at radius 1 is 1.00 bits per heavy atom. The van der Waals surface area contributed by atoms with Crippen molar-refractivity contribution < 1.29 is 32.6 Å². The van der Waals surface area contributed by atoms with Gasteiger partial charge >= 0.3 is 23.6 Å². The lowest BCUT2D eigenvalue weighted by atomic mass is 10.1. The van der Waals surface area contributed by atoms with E-state index in [0.717, 1.165) is 6.20 Å². The van der Waals surface area contributed by atoms with Crippen LogP contribution in [0.3, 0.4) is 0 Å². The standard InChI is InChI=1S/C23H17F2IN2O7/c24-23(25)17(35-20(31)14-9-5-2-6-10-14)16(12-33-19(30)13-7-3-1-4-8-13)34-21(23)28-11-15(26)18(29)27-22(28)32/h1-11,16-17,21H,12H2,(H,27,29,32)/t16-,17-,21?/m0/s1. The Labute approximate surface area is 209 Å². The largest absolute Gasteiger partial charge is 0.459 e. The van der Waals surface area contributed by atoms with Crippen molar-refractivity contribution in [2.24, 2.45) is 0 Å². The summed E-state index contributed by atoms with van der Waals surface area (Å²) in [7, 11) is 0. The first-order valence-electron chi connectivity index (χ1n) is 10.2. The predicted molar refractivity (Wildman–Crippen MR) is 125 cm³/mol. The Morgan fingerprint density at radius 2 is 1.57 bits per heavy atom. The van der Waals surface area contributed by atoms with Gasteiger partial charge in [-0.15, -0.1) is 0 Å². The average Bonchev–Trinajstić information content (AvgIpc) is 3.10. The van der Waals surface area contributed by atoms with Crippen LogP contribution in [0.1, 0.15) is 26.9 Å². The fraction of sp³-hybridized carbons (Fsp3) is 0.217. The molecule has 0 spiro atoms. The van der Waals surface area contributed by atoms with Gasteiger partial charge in [0.2, 0.25) is 6.23 Å². The van der Waals surface area contributed by atoms with Gasteiger partial charge in [0.15, 0.2) is 6.10 Å². The molecule has 3 atom stereocenters. The number of H-pyrrole nitrogens is 1. The first-order valence-corrected chi connectivity index (χ1v) is 11.3. The molecule has 9 nitrogen and oxygen atoms in total. The third kappa shape index (κ3) is 5.17. The highest BCUT2D eigenvalue weighted by atomic mass is 127. The average molecular weight is 598 g/mol. The predicted octanol–water partition coefficient (Wildman–Crippen LogP) is 2.76. The molecule has 0 saturated carbocycles. The van der Waals surface area contributed by atoms with E-state index in [1.165, 1.54) is 36.4 Å². The molecule has 2 aromatic carbocycles. The number of nitrogens with zero attached hydrogens (tertiary/aromatic N) is 1. The van der Waals surface area contributed by atoms with Crippen LogP contribution in [0, 0.1) is 3.57 Å². The monoisotopic (exact) mass is 598 g/mol. The van der Waals surface area contributed by atoms with Crippen LogP contribution in [0.2, 0.25) is 0 Å². The molecule has 1 aromatic heterocycles. The van der Waals surface area contributed by atoms with Gasteiger partial charge in [-0.3, -0.25) is 14.3 Å². The van der Waals surface area contributed by atoms with Gasteiger partial charge in [0.05, 0.1) is 14.7 Å². The molecule has 1 unspecified atom stereocenters. The topological polar surface area (TPSA) is 117 Å². The highest BCUT2D eigenvalue weighted by molar-refractivity contribution is 14.1. The maximum absolute atomic E-state index is 15.5. The quantitative estimate of drug-likeness (QED) is 0.343. The van der Waals surface area contributed by atoms with Crippen LogP contribution in [0.4, 0.5) is 8.78 Å². The summed E-state index contributed by atoms with van der Waals surface area (Å²) in [6.07, 6.45) is -5.16. The number of halogens is 3. The van der Waals surface area contributed by atoms with Gasteiger partial charge < -0.3 is 14.2 Å². The van der Waals surface area contributed by atoms with Gasteiger partial charge in [0.1, 0.15) is 12.7 Å². The summed E-state index contributed by atoms with van der Waals surface area (Å²) in [6.45, 7) is -0.693. The summed E-state index contributed by atoms with van der Waals surface area (Å²) in [4.78, 5) is 50.8. The van der Waals surface area contributed by atoms with E-state index in [2.05, 4.69) is 0 Å². The third-order valence-corrected chi connectivity index (χ3v) is 5.93. The summed E-state index contributed by atoms with van der Waals surface area (Å²) in [5.41, 5.74) is -1.70. The lowest BCUT2D eigenvalue weighted by molar-refractivity contribution is -0.142. The minimum absolute atomic E-state index is 0.0162. The van der Waals surface area contributed by atoms with Crippen LogP contribution in [0.5, 0.6) is 0 Å². The number of ether oxygens (including phenoxy) is 3. The molecule has 1 aliphatic rings. The van der Waals surface area contributed by atoms with Crippen molar-refractivity contribution in [1.29, 1.82) is 0 Å². The SMILES string of the molecule is O=C(OC[C@@H]1OC(n2cc(I)c(=O)[nH]c2=O)C(F)(F)[C@H]1OC(=O)c1ccccc1)c1ccccc1. The summed E-state index contributed by atoms with van der Waals surface area (Å²) >= 11 is 1.58. The van der Waals surface area contributed by atoms with E-state index in [1.807, 2.05) is 4.98 Å². The van der Waals surface area contributed by atoms with Crippen LogP contribution in [0.15, 0.2) is 76.4 Å². The van der Waals surface area contributed by atoms with Gasteiger partial charge in [-0.05, 0) is 46.9 Å². The van der Waals surface area contributed by atoms with E-state index in [-0.39, 0.29) is 14.7 Å². The van der Waals surface area contributed by atoms with Gasteiger partial charge in [0, 0.05) is 6.20 Å². The number of rotatable bonds is 6. The van der Waals surface area contributed by atoms with Crippen molar-refractivity contribution in [3.8, 4) is 0 Å². The minimum Gasteiger partial charge on any atom is -0.459 e. The Morgan fingerprint density at radius 3 is 2.17 bits per heavy atom. The van der Waals surface area contributed by atoms with E-state index < -0.39 is 54.2 Å². The van der Waals surface area contributed by atoms with Crippen LogP contribution in [-0.2, 0) is 14.2 Å². The third-order valence-electron chi connectivity index (χ3n) is 5.16. The van der Waals surface area contributed by atoms with Crippen molar-refractivity contribution in [2.75, 3.05) is 6.61 Å². The second-order valence-corrected chi connectivity index (χ2v) is 8.66. The first kappa shape index (κ1) is 24.7. The zero-order valence-electron chi connectivity index (χ0n) is 17.7. The molecule has 0 bridgehead atoms. The lowest BCUT2D eigenvalue weighted by Crippen LogP contribution is -2.45. The molecule has 1 saturated heterocycles. The fourth-order valence-corrected chi connectivity index (χ4v) is 3.89. The van der Waals surface area contributed by atoms with Crippen molar-refractivity contribution in [3.05, 3.63) is 102 Å². The zero-order valence-corrected chi connectivity index (χ0v) is 19.9. The normalized spacial score (nSPS) is 20.8. The summed E-state index contributed by atoms with van der Waals surface area (Å²) in [5, 5.41) is 0. The fourth-order valence-electron chi connectivity index (χ4n) is 3.46. The number of alkyl halides is 2. The van der Waals surface area contributed by atoms with Crippen LogP contribution in [0.25, 0.3) is 0 Å². The van der Waals surface area contributed by atoms with Gasteiger partial charge in [0.25, 0.3) is 5.56 Å². The Kier molecular flexibility index (Phi) is 7.12. The molecule has 2 heterocycles. The summed E-state index contributed by atoms with van der Waals surface area (Å²) < 4.78 is 47.2. The van der Waals surface area contributed by atoms with Crippen molar-refractivity contribution in [1.82, 2.24) is 9.55 Å². The first-order chi connectivity index (χ1) is 16.7. The van der Waals surface area contributed by atoms with Crippen molar-refractivity contribution in [3.63, 3.8) is 0 Å². The number of aromatic nitrogens is 2. The number of esters is 2. The van der Waals surface area contributed by atoms with Gasteiger partial charge in [-0.25, -0.2) is 14.4 Å². The van der Waals surface area contributed by atoms with Crippen LogP contribution < -0.4 is 11.2 Å². The highest BCUT2D eigenvalue weighted by Gasteiger charge is 2.63. The number of carbonyl (C=O) groups excluding carboxylic acids is 2. The molecule has 0 aliphatic carbocycles. The molecule has 0 amide bonds. The molecular formula is C23H17F2IN2O7.